The van der Waals surface area contributed by atoms with Crippen molar-refractivity contribution in [3.05, 3.63) is 47.8 Å². The number of benzene rings is 2. The van der Waals surface area contributed by atoms with Gasteiger partial charge in [-0.3, -0.25) is 0 Å². The van der Waals surface area contributed by atoms with Gasteiger partial charge in [-0.05, 0) is 17.6 Å². The quantitative estimate of drug-likeness (QED) is 0.375. The van der Waals surface area contributed by atoms with Crippen molar-refractivity contribution in [3.63, 3.8) is 0 Å². The Morgan fingerprint density at radius 1 is 0.696 bits per heavy atom. The SMILES string of the molecule is OB(O)c1c(F)cc(O)cc1F.OB(O)c1ccc(O)c(F)c1. The molecule has 2 rings (SSSR count). The first-order valence-electron chi connectivity index (χ1n) is 6.02. The molecule has 0 saturated carbocycles. The zero-order chi connectivity index (χ0) is 17.7. The predicted octanol–water partition coefficient (Wildman–Crippen LogP) is -1.44. The third kappa shape index (κ3) is 5.18. The summed E-state index contributed by atoms with van der Waals surface area (Å²) in [5, 5.41) is 51.4. The second kappa shape index (κ2) is 7.88. The summed E-state index contributed by atoms with van der Waals surface area (Å²) in [4.78, 5) is 0. The fraction of sp³-hybridized carbons (Fsp3) is 0. The highest BCUT2D eigenvalue weighted by atomic mass is 19.1. The predicted molar refractivity (Wildman–Crippen MR) is 75.7 cm³/mol. The summed E-state index contributed by atoms with van der Waals surface area (Å²) in [5.41, 5.74) is -0.854. The second-order valence-corrected chi connectivity index (χ2v) is 4.28. The third-order valence-electron chi connectivity index (χ3n) is 2.59. The van der Waals surface area contributed by atoms with Crippen molar-refractivity contribution < 1.29 is 43.5 Å². The van der Waals surface area contributed by atoms with Gasteiger partial charge in [0.15, 0.2) is 11.6 Å². The molecule has 0 aliphatic heterocycles. The second-order valence-electron chi connectivity index (χ2n) is 4.28. The van der Waals surface area contributed by atoms with Gasteiger partial charge >= 0.3 is 14.2 Å². The molecule has 6 nitrogen and oxygen atoms in total. The van der Waals surface area contributed by atoms with E-state index in [0.29, 0.717) is 12.1 Å². The minimum absolute atomic E-state index is 0.0142. The van der Waals surface area contributed by atoms with E-state index in [1.165, 1.54) is 6.07 Å². The highest BCUT2D eigenvalue weighted by Crippen LogP contribution is 2.12. The summed E-state index contributed by atoms with van der Waals surface area (Å²) in [7, 11) is -3.92. The molecule has 6 N–H and O–H groups in total. The third-order valence-corrected chi connectivity index (χ3v) is 2.59. The summed E-state index contributed by atoms with van der Waals surface area (Å²) < 4.78 is 37.8. The Labute approximate surface area is 129 Å². The Bertz CT molecular complexity index is 661. The van der Waals surface area contributed by atoms with Crippen LogP contribution in [0, 0.1) is 17.5 Å². The number of phenolic OH excluding ortho intramolecular Hbond substituents is 2. The summed E-state index contributed by atoms with van der Waals surface area (Å²) >= 11 is 0. The van der Waals surface area contributed by atoms with Crippen LogP contribution in [0.1, 0.15) is 0 Å². The standard InChI is InChI=1S/C6H5BF2O3.C6H6BFO3/c8-4-1-3(10)2-5(9)6(4)7(11)12;8-5-3-4(7(10)11)1-2-6(5)9/h1-2,10-12H;1-3,9-11H. The average molecular weight is 330 g/mol. The Balaban J connectivity index is 0.000000231. The van der Waals surface area contributed by atoms with Gasteiger partial charge in [-0.2, -0.15) is 0 Å². The molecular formula is C12H11B2F3O6. The monoisotopic (exact) mass is 330 g/mol. The molecule has 0 atom stereocenters. The Morgan fingerprint density at radius 2 is 1.22 bits per heavy atom. The molecule has 0 saturated heterocycles. The Kier molecular flexibility index (Phi) is 6.46. The van der Waals surface area contributed by atoms with Crippen molar-refractivity contribution in [2.75, 3.05) is 0 Å². The van der Waals surface area contributed by atoms with E-state index in [-0.39, 0.29) is 5.46 Å². The number of hydrogen-bond donors (Lipinski definition) is 6. The van der Waals surface area contributed by atoms with E-state index in [1.807, 2.05) is 0 Å². The first-order chi connectivity index (χ1) is 10.6. The molecule has 0 spiro atoms. The van der Waals surface area contributed by atoms with Gasteiger partial charge in [0, 0.05) is 12.1 Å². The van der Waals surface area contributed by atoms with Crippen molar-refractivity contribution in [1.82, 2.24) is 0 Å². The maximum Gasteiger partial charge on any atom is 0.494 e. The Hall–Kier alpha value is -2.20. The fourth-order valence-electron chi connectivity index (χ4n) is 1.50. The zero-order valence-electron chi connectivity index (χ0n) is 11.4. The van der Waals surface area contributed by atoms with Crippen LogP contribution >= 0.6 is 0 Å². The molecule has 23 heavy (non-hydrogen) atoms. The van der Waals surface area contributed by atoms with Crippen molar-refractivity contribution in [3.8, 4) is 11.5 Å². The van der Waals surface area contributed by atoms with Gasteiger partial charge in [-0.1, -0.05) is 6.07 Å². The average Bonchev–Trinajstić information content (AvgIpc) is 2.40. The molecule has 0 aliphatic rings. The first-order valence-corrected chi connectivity index (χ1v) is 6.02. The van der Waals surface area contributed by atoms with E-state index < -0.39 is 48.7 Å². The van der Waals surface area contributed by atoms with Crippen LogP contribution in [-0.2, 0) is 0 Å². The van der Waals surface area contributed by atoms with Gasteiger partial charge in [0.05, 0.1) is 5.46 Å². The summed E-state index contributed by atoms with van der Waals surface area (Å²) in [6.45, 7) is 0. The molecule has 11 heteroatoms. The number of hydrogen-bond acceptors (Lipinski definition) is 6. The topological polar surface area (TPSA) is 121 Å². The minimum atomic E-state index is -2.22. The highest BCUT2D eigenvalue weighted by molar-refractivity contribution is 6.59. The summed E-state index contributed by atoms with van der Waals surface area (Å²) in [6.07, 6.45) is 0. The maximum absolute atomic E-state index is 12.6. The molecule has 2 aromatic rings. The van der Waals surface area contributed by atoms with Crippen molar-refractivity contribution in [1.29, 1.82) is 0 Å². The lowest BCUT2D eigenvalue weighted by atomic mass is 9.79. The van der Waals surface area contributed by atoms with Crippen molar-refractivity contribution >= 4 is 25.2 Å². The van der Waals surface area contributed by atoms with E-state index in [0.717, 1.165) is 12.1 Å². The largest absolute Gasteiger partial charge is 0.508 e. The van der Waals surface area contributed by atoms with Crippen LogP contribution in [0.2, 0.25) is 0 Å². The molecule has 0 aromatic heterocycles. The van der Waals surface area contributed by atoms with Crippen molar-refractivity contribution in [2.45, 2.75) is 0 Å². The van der Waals surface area contributed by atoms with Crippen LogP contribution < -0.4 is 10.9 Å². The van der Waals surface area contributed by atoms with E-state index in [2.05, 4.69) is 0 Å². The number of aromatic hydroxyl groups is 2. The normalized spacial score (nSPS) is 9.87. The first kappa shape index (κ1) is 18.8. The van der Waals surface area contributed by atoms with Gasteiger partial charge < -0.3 is 30.3 Å². The molecule has 0 aliphatic carbocycles. The molecule has 0 fully saturated rings. The minimum Gasteiger partial charge on any atom is -0.508 e. The lowest BCUT2D eigenvalue weighted by molar-refractivity contribution is 0.417. The van der Waals surface area contributed by atoms with Crippen LogP contribution in [-0.4, -0.2) is 44.5 Å². The van der Waals surface area contributed by atoms with Crippen LogP contribution in [0.5, 0.6) is 11.5 Å². The van der Waals surface area contributed by atoms with E-state index >= 15 is 0 Å². The van der Waals surface area contributed by atoms with Gasteiger partial charge in [0.2, 0.25) is 0 Å². The van der Waals surface area contributed by atoms with Gasteiger partial charge in [0.1, 0.15) is 17.4 Å². The number of phenols is 2. The van der Waals surface area contributed by atoms with Crippen molar-refractivity contribution in [2.24, 2.45) is 0 Å². The molecule has 0 heterocycles. The summed E-state index contributed by atoms with van der Waals surface area (Å²) in [5.74, 6) is -4.36. The molecule has 0 amide bonds. The molecule has 0 unspecified atom stereocenters. The molecule has 122 valence electrons. The number of halogens is 3. The zero-order valence-corrected chi connectivity index (χ0v) is 11.4. The molecule has 2 aromatic carbocycles. The van der Waals surface area contributed by atoms with E-state index in [9.17, 15) is 13.2 Å². The highest BCUT2D eigenvalue weighted by Gasteiger charge is 2.22. The molecule has 0 radical (unpaired) electrons. The summed E-state index contributed by atoms with van der Waals surface area (Å²) in [6, 6.07) is 4.34. The van der Waals surface area contributed by atoms with Gasteiger partial charge in [-0.25, -0.2) is 13.2 Å². The van der Waals surface area contributed by atoms with E-state index in [1.54, 1.807) is 0 Å². The molecular weight excluding hydrogens is 319 g/mol. The fourth-order valence-corrected chi connectivity index (χ4v) is 1.50. The molecule has 0 bridgehead atoms. The lowest BCUT2D eigenvalue weighted by Gasteiger charge is -2.03. The van der Waals surface area contributed by atoms with E-state index in [4.69, 9.17) is 30.3 Å². The van der Waals surface area contributed by atoms with Crippen LogP contribution in [0.25, 0.3) is 0 Å². The number of rotatable bonds is 2. The van der Waals surface area contributed by atoms with Crippen LogP contribution in [0.4, 0.5) is 13.2 Å². The smallest absolute Gasteiger partial charge is 0.494 e. The van der Waals surface area contributed by atoms with Gasteiger partial charge in [0.25, 0.3) is 0 Å². The van der Waals surface area contributed by atoms with Crippen LogP contribution in [0.15, 0.2) is 30.3 Å². The Morgan fingerprint density at radius 3 is 1.61 bits per heavy atom. The lowest BCUT2D eigenvalue weighted by Crippen LogP contribution is -2.35. The van der Waals surface area contributed by atoms with Crippen LogP contribution in [0.3, 0.4) is 0 Å². The maximum atomic E-state index is 12.6. The van der Waals surface area contributed by atoms with Gasteiger partial charge in [-0.15, -0.1) is 0 Å².